The number of benzene rings is 1. The number of carboxylic acid groups (broad SMARTS) is 1. The Morgan fingerprint density at radius 3 is 2.11 bits per heavy atom. The van der Waals surface area contributed by atoms with E-state index in [-0.39, 0.29) is 11.3 Å². The van der Waals surface area contributed by atoms with E-state index in [4.69, 9.17) is 22.4 Å². The Bertz CT molecular complexity index is 520. The lowest BCUT2D eigenvalue weighted by Crippen LogP contribution is -2.08. The van der Waals surface area contributed by atoms with E-state index in [1.54, 1.807) is 18.2 Å². The third-order valence-electron chi connectivity index (χ3n) is 1.86. The second kappa shape index (κ2) is 6.46. The second-order valence-electron chi connectivity index (χ2n) is 3.15. The van der Waals surface area contributed by atoms with Crippen LogP contribution in [-0.4, -0.2) is 17.0 Å². The fraction of sp³-hybridized carbons (Fsp3) is 0. The van der Waals surface area contributed by atoms with E-state index in [1.807, 2.05) is 0 Å². The van der Waals surface area contributed by atoms with Crippen molar-refractivity contribution in [2.45, 2.75) is 0 Å². The Labute approximate surface area is 108 Å². The highest BCUT2D eigenvalue weighted by Crippen LogP contribution is 2.08. The monoisotopic (exact) mass is 267 g/mol. The number of furan rings is 1. The molecule has 18 heavy (non-hydrogen) atoms. The summed E-state index contributed by atoms with van der Waals surface area (Å²) in [5.41, 5.74) is 5.08. The Morgan fingerprint density at radius 1 is 1.17 bits per heavy atom. The van der Waals surface area contributed by atoms with E-state index < -0.39 is 11.9 Å². The number of halogens is 1. The van der Waals surface area contributed by atoms with Gasteiger partial charge < -0.3 is 15.3 Å². The summed E-state index contributed by atoms with van der Waals surface area (Å²) in [7, 11) is 0. The zero-order valence-corrected chi connectivity index (χ0v) is 9.92. The lowest BCUT2D eigenvalue weighted by Gasteiger charge is -1.91. The first kappa shape index (κ1) is 13.8. The SMILES string of the molecule is NC(=O)c1ccco1.O=C(O)c1ccc(Cl)cc1. The van der Waals surface area contributed by atoms with Gasteiger partial charge in [0, 0.05) is 5.02 Å². The summed E-state index contributed by atoms with van der Waals surface area (Å²) in [5, 5.41) is 8.98. The maximum Gasteiger partial charge on any atom is 0.335 e. The largest absolute Gasteiger partial charge is 0.478 e. The van der Waals surface area contributed by atoms with Crippen LogP contribution < -0.4 is 5.73 Å². The second-order valence-corrected chi connectivity index (χ2v) is 3.59. The quantitative estimate of drug-likeness (QED) is 0.874. The number of carboxylic acids is 1. The van der Waals surface area contributed by atoms with Gasteiger partial charge in [0.1, 0.15) is 0 Å². The number of nitrogens with two attached hydrogens (primary N) is 1. The lowest BCUT2D eigenvalue weighted by molar-refractivity contribution is 0.0696. The van der Waals surface area contributed by atoms with Crippen molar-refractivity contribution in [3.8, 4) is 0 Å². The Balaban J connectivity index is 0.000000184. The van der Waals surface area contributed by atoms with Crippen molar-refractivity contribution in [2.75, 3.05) is 0 Å². The maximum atomic E-state index is 10.3. The van der Waals surface area contributed by atoms with Gasteiger partial charge in [-0.2, -0.15) is 0 Å². The van der Waals surface area contributed by atoms with Gasteiger partial charge in [-0.15, -0.1) is 0 Å². The molecular formula is C12H10ClNO4. The van der Waals surface area contributed by atoms with E-state index in [0.717, 1.165) is 0 Å². The van der Waals surface area contributed by atoms with E-state index >= 15 is 0 Å². The molecule has 0 saturated heterocycles. The summed E-state index contributed by atoms with van der Waals surface area (Å²) >= 11 is 5.52. The minimum Gasteiger partial charge on any atom is -0.478 e. The summed E-state index contributed by atoms with van der Waals surface area (Å²) < 4.78 is 4.62. The molecule has 1 aromatic heterocycles. The zero-order chi connectivity index (χ0) is 13.5. The molecule has 0 bridgehead atoms. The number of carbonyl (C=O) groups is 2. The van der Waals surface area contributed by atoms with Gasteiger partial charge in [0.15, 0.2) is 5.76 Å². The van der Waals surface area contributed by atoms with Crippen LogP contribution in [0.15, 0.2) is 47.1 Å². The van der Waals surface area contributed by atoms with Crippen LogP contribution in [0.3, 0.4) is 0 Å². The fourth-order valence-electron chi connectivity index (χ4n) is 1.01. The minimum absolute atomic E-state index is 0.199. The normalized spacial score (nSPS) is 9.17. The molecule has 0 aliphatic heterocycles. The van der Waals surface area contributed by atoms with Crippen molar-refractivity contribution >= 4 is 23.5 Å². The summed E-state index contributed by atoms with van der Waals surface area (Å²) in [5.74, 6) is -1.27. The average Bonchev–Trinajstić information content (AvgIpc) is 2.84. The number of amides is 1. The predicted molar refractivity (Wildman–Crippen MR) is 65.6 cm³/mol. The Hall–Kier alpha value is -2.27. The van der Waals surface area contributed by atoms with Crippen LogP contribution in [0.1, 0.15) is 20.9 Å². The number of primary amides is 1. The molecule has 0 atom stereocenters. The molecule has 0 saturated carbocycles. The fourth-order valence-corrected chi connectivity index (χ4v) is 1.14. The number of aromatic carboxylic acids is 1. The van der Waals surface area contributed by atoms with E-state index in [9.17, 15) is 9.59 Å². The van der Waals surface area contributed by atoms with Crippen molar-refractivity contribution in [3.05, 3.63) is 59.0 Å². The van der Waals surface area contributed by atoms with E-state index in [1.165, 1.54) is 24.5 Å². The van der Waals surface area contributed by atoms with Crippen molar-refractivity contribution in [1.29, 1.82) is 0 Å². The molecule has 0 aliphatic rings. The lowest BCUT2D eigenvalue weighted by atomic mass is 10.2. The summed E-state index contributed by atoms with van der Waals surface area (Å²) in [6, 6.07) is 9.15. The third-order valence-corrected chi connectivity index (χ3v) is 2.11. The molecular weight excluding hydrogens is 258 g/mol. The highest BCUT2D eigenvalue weighted by Gasteiger charge is 1.99. The standard InChI is InChI=1S/C7H5ClO2.C5H5NO2/c8-6-3-1-5(2-4-6)7(9)10;6-5(7)4-2-1-3-8-4/h1-4H,(H,9,10);1-3H,(H2,6,7). The first-order chi connectivity index (χ1) is 8.50. The van der Waals surface area contributed by atoms with Gasteiger partial charge in [-0.25, -0.2) is 4.79 Å². The van der Waals surface area contributed by atoms with Crippen LogP contribution in [0.2, 0.25) is 5.02 Å². The first-order valence-electron chi connectivity index (χ1n) is 4.83. The summed E-state index contributed by atoms with van der Waals surface area (Å²) in [6.07, 6.45) is 1.40. The molecule has 5 nitrogen and oxygen atoms in total. The average molecular weight is 268 g/mol. The van der Waals surface area contributed by atoms with Crippen LogP contribution in [0.5, 0.6) is 0 Å². The first-order valence-corrected chi connectivity index (χ1v) is 5.20. The van der Waals surface area contributed by atoms with E-state index in [2.05, 4.69) is 4.42 Å². The van der Waals surface area contributed by atoms with Crippen molar-refractivity contribution in [2.24, 2.45) is 5.73 Å². The Kier molecular flexibility index (Phi) is 4.95. The Morgan fingerprint density at radius 2 is 1.78 bits per heavy atom. The maximum absolute atomic E-state index is 10.3. The molecule has 1 heterocycles. The molecule has 3 N–H and O–H groups in total. The molecule has 0 aliphatic carbocycles. The van der Waals surface area contributed by atoms with Crippen LogP contribution in [0.4, 0.5) is 0 Å². The van der Waals surface area contributed by atoms with Gasteiger partial charge in [-0.1, -0.05) is 11.6 Å². The van der Waals surface area contributed by atoms with Gasteiger partial charge in [0.25, 0.3) is 5.91 Å². The van der Waals surface area contributed by atoms with Crippen LogP contribution in [0.25, 0.3) is 0 Å². The number of hydrogen-bond acceptors (Lipinski definition) is 3. The summed E-state index contributed by atoms with van der Waals surface area (Å²) in [4.78, 5) is 20.5. The molecule has 94 valence electrons. The molecule has 0 spiro atoms. The van der Waals surface area contributed by atoms with Crippen molar-refractivity contribution in [3.63, 3.8) is 0 Å². The molecule has 0 fully saturated rings. The highest BCUT2D eigenvalue weighted by molar-refractivity contribution is 6.30. The molecule has 1 aromatic carbocycles. The smallest absolute Gasteiger partial charge is 0.335 e. The van der Waals surface area contributed by atoms with Crippen LogP contribution in [0, 0.1) is 0 Å². The van der Waals surface area contributed by atoms with Crippen molar-refractivity contribution in [1.82, 2.24) is 0 Å². The third kappa shape index (κ3) is 4.31. The van der Waals surface area contributed by atoms with Crippen molar-refractivity contribution < 1.29 is 19.1 Å². The number of hydrogen-bond donors (Lipinski definition) is 2. The molecule has 1 amide bonds. The van der Waals surface area contributed by atoms with Crippen LogP contribution in [-0.2, 0) is 0 Å². The molecule has 0 unspecified atom stereocenters. The van der Waals surface area contributed by atoms with Crippen LogP contribution >= 0.6 is 11.6 Å². The van der Waals surface area contributed by atoms with Gasteiger partial charge in [0.05, 0.1) is 11.8 Å². The number of carbonyl (C=O) groups excluding carboxylic acids is 1. The highest BCUT2D eigenvalue weighted by atomic mass is 35.5. The molecule has 0 radical (unpaired) electrons. The zero-order valence-electron chi connectivity index (χ0n) is 9.17. The van der Waals surface area contributed by atoms with E-state index in [0.29, 0.717) is 5.02 Å². The van der Waals surface area contributed by atoms with Gasteiger partial charge in [-0.05, 0) is 36.4 Å². The number of rotatable bonds is 2. The predicted octanol–water partition coefficient (Wildman–Crippen LogP) is 2.42. The summed E-state index contributed by atoms with van der Waals surface area (Å²) in [6.45, 7) is 0. The minimum atomic E-state index is -0.934. The van der Waals surface area contributed by atoms with Gasteiger partial charge >= 0.3 is 5.97 Å². The molecule has 2 rings (SSSR count). The van der Waals surface area contributed by atoms with Gasteiger partial charge in [-0.3, -0.25) is 4.79 Å². The van der Waals surface area contributed by atoms with Gasteiger partial charge in [0.2, 0.25) is 0 Å². The topological polar surface area (TPSA) is 93.5 Å². The molecule has 2 aromatic rings. The molecule has 6 heteroatoms.